The second kappa shape index (κ2) is 7.89. The van der Waals surface area contributed by atoms with Gasteiger partial charge in [0.2, 0.25) is 0 Å². The first-order valence-electron chi connectivity index (χ1n) is 7.34. The Bertz CT molecular complexity index is 663. The highest BCUT2D eigenvalue weighted by Gasteiger charge is 2.15. The Morgan fingerprint density at radius 1 is 1.17 bits per heavy atom. The van der Waals surface area contributed by atoms with Crippen molar-refractivity contribution in [2.24, 2.45) is 0 Å². The van der Waals surface area contributed by atoms with Crippen molar-refractivity contribution in [3.05, 3.63) is 51.7 Å². The van der Waals surface area contributed by atoms with Crippen LogP contribution in [0.4, 0.5) is 5.69 Å². The summed E-state index contributed by atoms with van der Waals surface area (Å²) in [7, 11) is 0. The van der Waals surface area contributed by atoms with E-state index >= 15 is 0 Å². The van der Waals surface area contributed by atoms with E-state index in [1.165, 1.54) is 11.3 Å². The van der Waals surface area contributed by atoms with Crippen LogP contribution in [0, 0.1) is 13.8 Å². The second-order valence-electron chi connectivity index (χ2n) is 5.41. The summed E-state index contributed by atoms with van der Waals surface area (Å²) in [6, 6.07) is 9.29. The Balaban J connectivity index is 1.80. The lowest BCUT2D eigenvalue weighted by Gasteiger charge is -2.10. The standard InChI is InChI=1S/C17H20N2O3S/c1-11-8-12(2)10-13(9-11)19-17(22)16(21)18-6-5-14(20)15-4-3-7-23-15/h3-4,7-10,14,20H,5-6H2,1-2H3,(H,18,21)(H,19,22). The molecule has 0 aliphatic heterocycles. The summed E-state index contributed by atoms with van der Waals surface area (Å²) in [4.78, 5) is 24.5. The minimum absolute atomic E-state index is 0.234. The number of hydrogen-bond donors (Lipinski definition) is 3. The van der Waals surface area contributed by atoms with Crippen molar-refractivity contribution in [3.63, 3.8) is 0 Å². The molecule has 23 heavy (non-hydrogen) atoms. The number of aryl methyl sites for hydroxylation is 2. The molecule has 0 bridgehead atoms. The monoisotopic (exact) mass is 332 g/mol. The first-order chi connectivity index (χ1) is 11.0. The summed E-state index contributed by atoms with van der Waals surface area (Å²) in [6.45, 7) is 4.08. The molecule has 2 amide bonds. The quantitative estimate of drug-likeness (QED) is 0.736. The molecule has 1 atom stereocenters. The van der Waals surface area contributed by atoms with Gasteiger partial charge in [0.25, 0.3) is 0 Å². The van der Waals surface area contributed by atoms with Crippen LogP contribution in [0.25, 0.3) is 0 Å². The van der Waals surface area contributed by atoms with Gasteiger partial charge in [0.15, 0.2) is 0 Å². The molecule has 2 rings (SSSR count). The minimum Gasteiger partial charge on any atom is -0.388 e. The molecule has 1 aromatic heterocycles. The van der Waals surface area contributed by atoms with Crippen LogP contribution in [-0.4, -0.2) is 23.5 Å². The highest BCUT2D eigenvalue weighted by molar-refractivity contribution is 7.10. The fraction of sp³-hybridized carbons (Fsp3) is 0.294. The predicted octanol–water partition coefficient (Wildman–Crippen LogP) is 2.54. The van der Waals surface area contributed by atoms with Gasteiger partial charge in [-0.1, -0.05) is 12.1 Å². The van der Waals surface area contributed by atoms with Crippen LogP contribution >= 0.6 is 11.3 Å². The van der Waals surface area contributed by atoms with E-state index in [-0.39, 0.29) is 6.54 Å². The van der Waals surface area contributed by atoms with E-state index < -0.39 is 17.9 Å². The number of carbonyl (C=O) groups excluding carboxylic acids is 2. The molecule has 0 radical (unpaired) electrons. The number of anilines is 1. The number of aliphatic hydroxyl groups excluding tert-OH is 1. The van der Waals surface area contributed by atoms with Gasteiger partial charge < -0.3 is 15.7 Å². The Morgan fingerprint density at radius 3 is 2.48 bits per heavy atom. The minimum atomic E-state index is -0.708. The molecule has 0 aliphatic carbocycles. The van der Waals surface area contributed by atoms with Crippen LogP contribution in [0.15, 0.2) is 35.7 Å². The van der Waals surface area contributed by atoms with E-state index in [1.807, 2.05) is 37.4 Å². The average molecular weight is 332 g/mol. The average Bonchev–Trinajstić information content (AvgIpc) is 3.00. The van der Waals surface area contributed by atoms with Gasteiger partial charge in [-0.3, -0.25) is 9.59 Å². The molecule has 1 unspecified atom stereocenters. The van der Waals surface area contributed by atoms with Gasteiger partial charge in [-0.2, -0.15) is 0 Å². The number of rotatable bonds is 5. The molecular formula is C17H20N2O3S. The Labute approximate surface area is 139 Å². The lowest BCUT2D eigenvalue weighted by atomic mass is 10.1. The van der Waals surface area contributed by atoms with E-state index in [0.29, 0.717) is 12.1 Å². The summed E-state index contributed by atoms with van der Waals surface area (Å²) in [5.41, 5.74) is 2.63. The summed E-state index contributed by atoms with van der Waals surface area (Å²) < 4.78 is 0. The summed E-state index contributed by atoms with van der Waals surface area (Å²) >= 11 is 1.46. The maximum absolute atomic E-state index is 11.9. The number of hydrogen-bond acceptors (Lipinski definition) is 4. The largest absolute Gasteiger partial charge is 0.388 e. The predicted molar refractivity (Wildman–Crippen MR) is 91.5 cm³/mol. The molecule has 1 aromatic carbocycles. The number of thiophene rings is 1. The van der Waals surface area contributed by atoms with E-state index in [9.17, 15) is 14.7 Å². The molecule has 6 heteroatoms. The Hall–Kier alpha value is -2.18. The normalized spacial score (nSPS) is 11.8. The molecule has 122 valence electrons. The first-order valence-corrected chi connectivity index (χ1v) is 8.22. The first kappa shape index (κ1) is 17.2. The third kappa shape index (κ3) is 5.19. The van der Waals surface area contributed by atoms with Gasteiger partial charge in [-0.25, -0.2) is 0 Å². The molecule has 2 aromatic rings. The molecule has 1 heterocycles. The summed E-state index contributed by atoms with van der Waals surface area (Å²) in [5, 5.41) is 16.9. The Morgan fingerprint density at radius 2 is 1.87 bits per heavy atom. The maximum Gasteiger partial charge on any atom is 0.313 e. The molecule has 0 aliphatic rings. The van der Waals surface area contributed by atoms with E-state index in [2.05, 4.69) is 10.6 Å². The second-order valence-corrected chi connectivity index (χ2v) is 6.39. The van der Waals surface area contributed by atoms with Crippen molar-refractivity contribution in [2.75, 3.05) is 11.9 Å². The molecule has 0 fully saturated rings. The van der Waals surface area contributed by atoms with Gasteiger partial charge >= 0.3 is 11.8 Å². The summed E-state index contributed by atoms with van der Waals surface area (Å²) in [6.07, 6.45) is -0.263. The van der Waals surface area contributed by atoms with Crippen molar-refractivity contribution in [3.8, 4) is 0 Å². The van der Waals surface area contributed by atoms with Crippen molar-refractivity contribution < 1.29 is 14.7 Å². The van der Waals surface area contributed by atoms with E-state index in [0.717, 1.165) is 16.0 Å². The van der Waals surface area contributed by atoms with Crippen molar-refractivity contribution in [1.29, 1.82) is 0 Å². The molecule has 3 N–H and O–H groups in total. The zero-order valence-electron chi connectivity index (χ0n) is 13.1. The van der Waals surface area contributed by atoms with E-state index in [4.69, 9.17) is 0 Å². The third-order valence-electron chi connectivity index (χ3n) is 3.26. The molecule has 0 saturated heterocycles. The third-order valence-corrected chi connectivity index (χ3v) is 4.23. The van der Waals surface area contributed by atoms with Gasteiger partial charge in [0.1, 0.15) is 0 Å². The molecule has 0 spiro atoms. The lowest BCUT2D eigenvalue weighted by molar-refractivity contribution is -0.136. The van der Waals surface area contributed by atoms with Crippen LogP contribution < -0.4 is 10.6 Å². The zero-order valence-corrected chi connectivity index (χ0v) is 13.9. The van der Waals surface area contributed by atoms with Gasteiger partial charge in [-0.15, -0.1) is 11.3 Å². The van der Waals surface area contributed by atoms with Gasteiger partial charge in [-0.05, 0) is 55.0 Å². The van der Waals surface area contributed by atoms with E-state index in [1.54, 1.807) is 12.1 Å². The number of amides is 2. The molecule has 5 nitrogen and oxygen atoms in total. The Kier molecular flexibility index (Phi) is 5.90. The number of nitrogens with one attached hydrogen (secondary N) is 2. The SMILES string of the molecule is Cc1cc(C)cc(NC(=O)C(=O)NCCC(O)c2cccs2)c1. The van der Waals surface area contributed by atoms with Crippen molar-refractivity contribution >= 4 is 28.8 Å². The molecular weight excluding hydrogens is 312 g/mol. The van der Waals surface area contributed by atoms with Crippen LogP contribution in [0.1, 0.15) is 28.5 Å². The fourth-order valence-electron chi connectivity index (χ4n) is 2.26. The van der Waals surface area contributed by atoms with Crippen LogP contribution in [0.5, 0.6) is 0 Å². The van der Waals surface area contributed by atoms with Crippen LogP contribution in [0.2, 0.25) is 0 Å². The van der Waals surface area contributed by atoms with Crippen molar-refractivity contribution in [2.45, 2.75) is 26.4 Å². The van der Waals surface area contributed by atoms with Crippen LogP contribution in [0.3, 0.4) is 0 Å². The van der Waals surface area contributed by atoms with Crippen molar-refractivity contribution in [1.82, 2.24) is 5.32 Å². The summed E-state index contributed by atoms with van der Waals surface area (Å²) in [5.74, 6) is -1.41. The number of carbonyl (C=O) groups is 2. The fourth-order valence-corrected chi connectivity index (χ4v) is 3.01. The highest BCUT2D eigenvalue weighted by atomic mass is 32.1. The number of benzene rings is 1. The topological polar surface area (TPSA) is 78.4 Å². The van der Waals surface area contributed by atoms with Gasteiger partial charge in [0, 0.05) is 17.1 Å². The molecule has 0 saturated carbocycles. The van der Waals surface area contributed by atoms with Crippen LogP contribution in [-0.2, 0) is 9.59 Å². The zero-order chi connectivity index (χ0) is 16.8. The smallest absolute Gasteiger partial charge is 0.313 e. The lowest BCUT2D eigenvalue weighted by Crippen LogP contribution is -2.36. The number of aliphatic hydroxyl groups is 1. The maximum atomic E-state index is 11.9. The van der Waals surface area contributed by atoms with Gasteiger partial charge in [0.05, 0.1) is 6.10 Å². The highest BCUT2D eigenvalue weighted by Crippen LogP contribution is 2.20.